The molecule has 2 heteroatoms. The summed E-state index contributed by atoms with van der Waals surface area (Å²) in [4.78, 5) is 0. The van der Waals surface area contributed by atoms with Crippen molar-refractivity contribution in [2.24, 2.45) is 5.92 Å². The third-order valence-electron chi connectivity index (χ3n) is 0.978. The van der Waals surface area contributed by atoms with Crippen molar-refractivity contribution >= 4 is 25.8 Å². The molecule has 0 aromatic carbocycles. The Morgan fingerprint density at radius 1 is 1.43 bits per heavy atom. The van der Waals surface area contributed by atoms with Gasteiger partial charge in [0.25, 0.3) is 0 Å². The van der Waals surface area contributed by atoms with Crippen LogP contribution in [0.4, 0.5) is 0 Å². The Bertz CT molecular complexity index is 45.3. The Kier molecular flexibility index (Phi) is 4.32. The van der Waals surface area contributed by atoms with E-state index in [1.54, 1.807) is 0 Å². The molecular weight excluding hydrogens is 281 g/mol. The van der Waals surface area contributed by atoms with Gasteiger partial charge in [-0.1, -0.05) is 0 Å². The molecule has 0 aromatic rings. The topological polar surface area (TPSA) is 12.0 Å². The molecule has 1 unspecified atom stereocenters. The maximum absolute atomic E-state index is 3.23. The molecule has 0 aromatic heterocycles. The van der Waals surface area contributed by atoms with Gasteiger partial charge in [-0.3, -0.25) is 0 Å². The Morgan fingerprint density at radius 2 is 1.86 bits per heavy atom. The van der Waals surface area contributed by atoms with Gasteiger partial charge in [0, 0.05) is 0 Å². The monoisotopic (exact) mass is 294 g/mol. The first-order valence-electron chi connectivity index (χ1n) is 2.57. The first-order valence-corrected chi connectivity index (χ1v) is 4.81. The Balaban J connectivity index is 3.14. The molecule has 0 aliphatic rings. The van der Waals surface area contributed by atoms with Crippen molar-refractivity contribution in [3.8, 4) is 0 Å². The van der Waals surface area contributed by atoms with E-state index in [0.29, 0.717) is 0 Å². The number of nitrogens with one attached hydrogen (secondary N) is 1. The van der Waals surface area contributed by atoms with Gasteiger partial charge in [-0.15, -0.1) is 0 Å². The van der Waals surface area contributed by atoms with E-state index in [2.05, 4.69) is 19.2 Å². The van der Waals surface area contributed by atoms with Crippen LogP contribution in [0.15, 0.2) is 0 Å². The molecule has 0 spiro atoms. The molecule has 0 heterocycles. The predicted octanol–water partition coefficient (Wildman–Crippen LogP) is 0.356. The molecule has 0 aliphatic heterocycles. The molecule has 1 atom stereocenters. The van der Waals surface area contributed by atoms with Gasteiger partial charge in [-0.25, -0.2) is 0 Å². The van der Waals surface area contributed by atoms with Crippen molar-refractivity contribution in [3.63, 3.8) is 0 Å². The second kappa shape index (κ2) is 3.83. The van der Waals surface area contributed by atoms with Crippen LogP contribution in [0.25, 0.3) is 0 Å². The quantitative estimate of drug-likeness (QED) is 0.725. The summed E-state index contributed by atoms with van der Waals surface area (Å²) in [6.45, 7) is 4.49. The minimum atomic E-state index is 0.792. The number of hydrogen-bond donors (Lipinski definition) is 1. The minimum absolute atomic E-state index is 0.792. The maximum atomic E-state index is 3.23. The predicted molar refractivity (Wildman–Crippen MR) is 33.4 cm³/mol. The summed E-state index contributed by atoms with van der Waals surface area (Å²) >= 11 is 1.26. The number of hydrogen-bond acceptors (Lipinski definition) is 1. The van der Waals surface area contributed by atoms with Gasteiger partial charge in [0.1, 0.15) is 0 Å². The van der Waals surface area contributed by atoms with Crippen molar-refractivity contribution in [1.82, 2.24) is 5.32 Å². The van der Waals surface area contributed by atoms with E-state index in [0.717, 1.165) is 9.52 Å². The summed E-state index contributed by atoms with van der Waals surface area (Å²) in [5, 5.41) is 3.23. The third-order valence-corrected chi connectivity index (χ3v) is 4.69. The van der Waals surface area contributed by atoms with Gasteiger partial charge in [-0.2, -0.15) is 0 Å². The second-order valence-corrected chi connectivity index (χ2v) is 4.43. The van der Waals surface area contributed by atoms with Crippen LogP contribution in [-0.4, -0.2) is 36.4 Å². The van der Waals surface area contributed by atoms with E-state index in [4.69, 9.17) is 0 Å². The van der Waals surface area contributed by atoms with E-state index in [1.165, 1.54) is 25.8 Å². The summed E-state index contributed by atoms with van der Waals surface area (Å²) in [7, 11) is 2.03. The van der Waals surface area contributed by atoms with Crippen LogP contribution in [0.1, 0.15) is 13.8 Å². The summed E-state index contributed by atoms with van der Waals surface area (Å²) < 4.78 is 0.792. The SMILES string of the molecule is CN[CH]([Pb])C(C)C. The van der Waals surface area contributed by atoms with Crippen LogP contribution in [0, 0.1) is 5.92 Å². The first-order chi connectivity index (χ1) is 3.18. The molecule has 0 aliphatic carbocycles. The van der Waals surface area contributed by atoms with Crippen molar-refractivity contribution in [2.45, 2.75) is 17.4 Å². The van der Waals surface area contributed by atoms with Crippen LogP contribution >= 0.6 is 0 Å². The summed E-state index contributed by atoms with van der Waals surface area (Å²) in [5.74, 6) is 0.816. The molecule has 0 saturated carbocycles. The van der Waals surface area contributed by atoms with Crippen LogP contribution in [0.5, 0.6) is 0 Å². The fraction of sp³-hybridized carbons (Fsp3) is 1.00. The average Bonchev–Trinajstić information content (AvgIpc) is 1.65. The molecule has 1 N–H and O–H groups in total. The molecule has 7 heavy (non-hydrogen) atoms. The average molecular weight is 293 g/mol. The van der Waals surface area contributed by atoms with Gasteiger partial charge < -0.3 is 0 Å². The van der Waals surface area contributed by atoms with E-state index in [-0.39, 0.29) is 0 Å². The number of rotatable bonds is 2. The van der Waals surface area contributed by atoms with Crippen LogP contribution in [0.3, 0.4) is 0 Å². The molecule has 0 saturated heterocycles. The van der Waals surface area contributed by atoms with Crippen molar-refractivity contribution in [3.05, 3.63) is 0 Å². The van der Waals surface area contributed by atoms with Crippen LogP contribution in [-0.2, 0) is 0 Å². The zero-order valence-corrected chi connectivity index (χ0v) is 9.04. The van der Waals surface area contributed by atoms with Crippen LogP contribution < -0.4 is 5.32 Å². The molecule has 0 bridgehead atoms. The van der Waals surface area contributed by atoms with E-state index in [9.17, 15) is 0 Å². The van der Waals surface area contributed by atoms with Crippen molar-refractivity contribution in [1.29, 1.82) is 0 Å². The second-order valence-electron chi connectivity index (χ2n) is 2.01. The Morgan fingerprint density at radius 3 is 1.86 bits per heavy atom. The normalized spacial score (nSPS) is 15.0. The molecule has 0 rings (SSSR count). The standard InChI is InChI=1S/C5H12N.Pb/c1-5(2)4-6-3;/h4-6H,1-3H3;. The van der Waals surface area contributed by atoms with Crippen molar-refractivity contribution in [2.75, 3.05) is 7.05 Å². The van der Waals surface area contributed by atoms with Gasteiger partial charge in [0.2, 0.25) is 0 Å². The molecule has 3 radical (unpaired) electrons. The van der Waals surface area contributed by atoms with E-state index >= 15 is 0 Å². The molecule has 41 valence electrons. The Labute approximate surface area is 61.6 Å². The Hall–Kier alpha value is 0.882. The molecule has 0 fully saturated rings. The van der Waals surface area contributed by atoms with Crippen molar-refractivity contribution < 1.29 is 0 Å². The zero-order valence-electron chi connectivity index (χ0n) is 5.15. The van der Waals surface area contributed by atoms with Crippen LogP contribution in [0.2, 0.25) is 0 Å². The van der Waals surface area contributed by atoms with Gasteiger partial charge in [-0.05, 0) is 0 Å². The zero-order chi connectivity index (χ0) is 5.86. The first kappa shape index (κ1) is 7.88. The third kappa shape index (κ3) is 3.46. The fourth-order valence-electron chi connectivity index (χ4n) is 0.333. The summed E-state index contributed by atoms with van der Waals surface area (Å²) in [5.41, 5.74) is 0. The van der Waals surface area contributed by atoms with Gasteiger partial charge >= 0.3 is 61.5 Å². The molecular formula is C5H12NPb. The van der Waals surface area contributed by atoms with E-state index < -0.39 is 0 Å². The molecule has 0 amide bonds. The fourth-order valence-corrected chi connectivity index (χ4v) is 0.333. The molecule has 1 nitrogen and oxygen atoms in total. The summed E-state index contributed by atoms with van der Waals surface area (Å²) in [6.07, 6.45) is 0. The van der Waals surface area contributed by atoms with E-state index in [1.807, 2.05) is 7.05 Å². The van der Waals surface area contributed by atoms with Gasteiger partial charge in [0.05, 0.1) is 0 Å². The summed E-state index contributed by atoms with van der Waals surface area (Å²) in [6, 6.07) is 0. The van der Waals surface area contributed by atoms with Gasteiger partial charge in [0.15, 0.2) is 0 Å².